The summed E-state index contributed by atoms with van der Waals surface area (Å²) in [5, 5.41) is 21.5. The molecule has 0 N–H and O–H groups in total. The van der Waals surface area contributed by atoms with Crippen LogP contribution in [0, 0.1) is 18.3 Å². The van der Waals surface area contributed by atoms with Crippen LogP contribution in [0.1, 0.15) is 40.2 Å². The minimum Gasteiger partial charge on any atom is -0.549 e. The van der Waals surface area contributed by atoms with Gasteiger partial charge in [0.1, 0.15) is 0 Å². The van der Waals surface area contributed by atoms with Crippen LogP contribution < -0.4 is 5.11 Å². The SMILES string of the molecule is Cc1ccc(C(=O)CC(C(=O)[O-])c2cn(CCC#N)c3ccccc23)cc1. The molecule has 1 heterocycles. The number of hydrogen-bond donors (Lipinski definition) is 0. The van der Waals surface area contributed by atoms with Gasteiger partial charge in [-0.15, -0.1) is 0 Å². The highest BCUT2D eigenvalue weighted by Gasteiger charge is 2.22. The van der Waals surface area contributed by atoms with Crippen molar-refractivity contribution in [2.24, 2.45) is 0 Å². The number of Topliss-reactive ketones (excluding diaryl/α,β-unsaturated/α-hetero) is 1. The standard InChI is InChI=1S/C22H20N2O3/c1-15-7-9-16(10-8-15)21(25)13-18(22(26)27)19-14-24(12-4-11-23)20-6-3-2-5-17(19)20/h2-3,5-10,14,18H,4,12-13H2,1H3,(H,26,27)/p-1. The molecule has 136 valence electrons. The molecule has 1 aromatic heterocycles. The molecule has 0 aliphatic rings. The molecular formula is C22H19N2O3-. The maximum Gasteiger partial charge on any atom is 0.163 e. The van der Waals surface area contributed by atoms with Gasteiger partial charge in [0.15, 0.2) is 5.78 Å². The normalized spacial score (nSPS) is 11.9. The highest BCUT2D eigenvalue weighted by Crippen LogP contribution is 2.31. The molecule has 3 aromatic rings. The molecule has 0 amide bonds. The third-order valence-corrected chi connectivity index (χ3v) is 4.71. The van der Waals surface area contributed by atoms with Crippen LogP contribution in [-0.2, 0) is 11.3 Å². The molecule has 2 aromatic carbocycles. The Balaban J connectivity index is 1.98. The minimum absolute atomic E-state index is 0.169. The van der Waals surface area contributed by atoms with Crippen molar-refractivity contribution in [3.8, 4) is 6.07 Å². The van der Waals surface area contributed by atoms with Crippen LogP contribution in [-0.4, -0.2) is 16.3 Å². The van der Waals surface area contributed by atoms with E-state index in [2.05, 4.69) is 6.07 Å². The van der Waals surface area contributed by atoms with E-state index in [1.165, 1.54) is 0 Å². The van der Waals surface area contributed by atoms with Crippen molar-refractivity contribution >= 4 is 22.7 Å². The summed E-state index contributed by atoms with van der Waals surface area (Å²) in [5.74, 6) is -2.57. The Morgan fingerprint density at radius 2 is 1.85 bits per heavy atom. The van der Waals surface area contributed by atoms with Gasteiger partial charge in [0, 0.05) is 47.5 Å². The van der Waals surface area contributed by atoms with Crippen molar-refractivity contribution in [3.05, 3.63) is 71.4 Å². The van der Waals surface area contributed by atoms with Gasteiger partial charge < -0.3 is 14.5 Å². The molecule has 0 aliphatic heterocycles. The first-order chi connectivity index (χ1) is 13.0. The number of aliphatic carboxylic acids is 1. The molecule has 0 spiro atoms. The van der Waals surface area contributed by atoms with Gasteiger partial charge in [-0.05, 0) is 18.6 Å². The molecule has 0 saturated carbocycles. The lowest BCUT2D eigenvalue weighted by Crippen LogP contribution is -2.31. The lowest BCUT2D eigenvalue weighted by Gasteiger charge is -2.17. The molecule has 1 atom stereocenters. The molecular weight excluding hydrogens is 340 g/mol. The van der Waals surface area contributed by atoms with Gasteiger partial charge in [-0.3, -0.25) is 4.79 Å². The summed E-state index contributed by atoms with van der Waals surface area (Å²) in [4.78, 5) is 24.5. The molecule has 0 saturated heterocycles. The number of carbonyl (C=O) groups excluding carboxylic acids is 2. The number of aryl methyl sites for hydroxylation is 2. The zero-order valence-corrected chi connectivity index (χ0v) is 15.0. The first-order valence-corrected chi connectivity index (χ1v) is 8.76. The second kappa shape index (κ2) is 7.88. The van der Waals surface area contributed by atoms with E-state index in [1.807, 2.05) is 47.9 Å². The van der Waals surface area contributed by atoms with Gasteiger partial charge in [0.25, 0.3) is 0 Å². The fraction of sp³-hybridized carbons (Fsp3) is 0.227. The predicted octanol–water partition coefficient (Wildman–Crippen LogP) is 2.97. The first kappa shape index (κ1) is 18.4. The average molecular weight is 359 g/mol. The van der Waals surface area contributed by atoms with Gasteiger partial charge in [-0.2, -0.15) is 5.26 Å². The van der Waals surface area contributed by atoms with Crippen molar-refractivity contribution in [1.29, 1.82) is 5.26 Å². The van der Waals surface area contributed by atoms with E-state index in [4.69, 9.17) is 5.26 Å². The van der Waals surface area contributed by atoms with Crippen LogP contribution in [0.5, 0.6) is 0 Å². The predicted molar refractivity (Wildman–Crippen MR) is 100 cm³/mol. The monoisotopic (exact) mass is 359 g/mol. The van der Waals surface area contributed by atoms with Gasteiger partial charge >= 0.3 is 0 Å². The van der Waals surface area contributed by atoms with E-state index in [0.717, 1.165) is 16.5 Å². The largest absolute Gasteiger partial charge is 0.549 e. The van der Waals surface area contributed by atoms with Crippen molar-refractivity contribution in [3.63, 3.8) is 0 Å². The molecule has 0 radical (unpaired) electrons. The summed E-state index contributed by atoms with van der Waals surface area (Å²) in [5.41, 5.74) is 2.91. The van der Waals surface area contributed by atoms with Crippen LogP contribution in [0.3, 0.4) is 0 Å². The van der Waals surface area contributed by atoms with E-state index in [-0.39, 0.29) is 12.2 Å². The molecule has 5 heteroatoms. The fourth-order valence-electron chi connectivity index (χ4n) is 3.27. The molecule has 5 nitrogen and oxygen atoms in total. The second-order valence-corrected chi connectivity index (χ2v) is 6.57. The number of carbonyl (C=O) groups is 2. The summed E-state index contributed by atoms with van der Waals surface area (Å²) in [6.45, 7) is 2.39. The van der Waals surface area contributed by atoms with Gasteiger partial charge in [0.05, 0.1) is 12.5 Å². The van der Waals surface area contributed by atoms with E-state index in [1.54, 1.807) is 18.3 Å². The Hall–Kier alpha value is -3.39. The number of para-hydroxylation sites is 1. The quantitative estimate of drug-likeness (QED) is 0.607. The van der Waals surface area contributed by atoms with Crippen molar-refractivity contribution < 1.29 is 14.7 Å². The van der Waals surface area contributed by atoms with E-state index < -0.39 is 11.9 Å². The number of carboxylic acid groups (broad SMARTS) is 1. The Bertz CT molecular complexity index is 1030. The number of rotatable bonds is 7. The number of aromatic nitrogens is 1. The lowest BCUT2D eigenvalue weighted by molar-refractivity contribution is -0.307. The minimum atomic E-state index is -1.28. The van der Waals surface area contributed by atoms with E-state index in [9.17, 15) is 14.7 Å². The van der Waals surface area contributed by atoms with Gasteiger partial charge in [0.2, 0.25) is 0 Å². The molecule has 0 aliphatic carbocycles. The number of nitriles is 1. The molecule has 3 rings (SSSR count). The maximum absolute atomic E-state index is 12.6. The van der Waals surface area contributed by atoms with Crippen LogP contribution in [0.4, 0.5) is 0 Å². The third kappa shape index (κ3) is 3.90. The first-order valence-electron chi connectivity index (χ1n) is 8.76. The number of fused-ring (bicyclic) bond motifs is 1. The summed E-state index contributed by atoms with van der Waals surface area (Å²) in [7, 11) is 0. The number of nitrogens with zero attached hydrogens (tertiary/aromatic N) is 2. The number of hydrogen-bond acceptors (Lipinski definition) is 4. The van der Waals surface area contributed by atoms with Gasteiger partial charge in [-0.25, -0.2) is 0 Å². The summed E-state index contributed by atoms with van der Waals surface area (Å²) in [6.07, 6.45) is 1.87. The van der Waals surface area contributed by atoms with Crippen LogP contribution >= 0.6 is 0 Å². The smallest absolute Gasteiger partial charge is 0.163 e. The summed E-state index contributed by atoms with van der Waals surface area (Å²) < 4.78 is 1.86. The Morgan fingerprint density at radius 3 is 2.52 bits per heavy atom. The van der Waals surface area contributed by atoms with Crippen LogP contribution in [0.2, 0.25) is 0 Å². The highest BCUT2D eigenvalue weighted by atomic mass is 16.4. The number of carboxylic acids is 1. The number of ketones is 1. The van der Waals surface area contributed by atoms with Crippen molar-refractivity contribution in [1.82, 2.24) is 4.57 Å². The van der Waals surface area contributed by atoms with E-state index >= 15 is 0 Å². The Morgan fingerprint density at radius 1 is 1.15 bits per heavy atom. The molecule has 0 fully saturated rings. The zero-order valence-electron chi connectivity index (χ0n) is 15.0. The Kier molecular flexibility index (Phi) is 5.37. The highest BCUT2D eigenvalue weighted by molar-refractivity contribution is 6.00. The van der Waals surface area contributed by atoms with Gasteiger partial charge in [-0.1, -0.05) is 48.0 Å². The second-order valence-electron chi connectivity index (χ2n) is 6.57. The number of benzene rings is 2. The van der Waals surface area contributed by atoms with Crippen LogP contribution in [0.15, 0.2) is 54.7 Å². The van der Waals surface area contributed by atoms with Crippen LogP contribution in [0.25, 0.3) is 10.9 Å². The zero-order chi connectivity index (χ0) is 19.4. The lowest BCUT2D eigenvalue weighted by atomic mass is 9.91. The Labute approximate surface area is 157 Å². The summed E-state index contributed by atoms with van der Waals surface area (Å²) >= 11 is 0. The topological polar surface area (TPSA) is 85.9 Å². The average Bonchev–Trinajstić information content (AvgIpc) is 3.03. The van der Waals surface area contributed by atoms with Crippen molar-refractivity contribution in [2.75, 3.05) is 0 Å². The fourth-order valence-corrected chi connectivity index (χ4v) is 3.27. The maximum atomic E-state index is 12.6. The third-order valence-electron chi connectivity index (χ3n) is 4.71. The molecule has 27 heavy (non-hydrogen) atoms. The summed E-state index contributed by atoms with van der Waals surface area (Å²) in [6, 6.07) is 16.6. The van der Waals surface area contributed by atoms with Crippen molar-refractivity contribution in [2.45, 2.75) is 32.2 Å². The molecule has 1 unspecified atom stereocenters. The molecule has 0 bridgehead atoms. The van der Waals surface area contributed by atoms with E-state index in [0.29, 0.717) is 24.1 Å².